The van der Waals surface area contributed by atoms with Crippen LogP contribution in [-0.4, -0.2) is 37.0 Å². The number of nitrogens with zero attached hydrogens (tertiary/aromatic N) is 1. The molecule has 142 valence electrons. The SMILES string of the molecule is COc1cccc(Nc2ccccc2C(=O)N2CCC(N)CC2)c1.Cl.Cl. The summed E-state index contributed by atoms with van der Waals surface area (Å²) in [6.45, 7) is 1.43. The highest BCUT2D eigenvalue weighted by molar-refractivity contribution is 6.00. The fourth-order valence-electron chi connectivity index (χ4n) is 2.91. The molecule has 3 rings (SSSR count). The number of ether oxygens (including phenoxy) is 1. The van der Waals surface area contributed by atoms with Gasteiger partial charge in [-0.2, -0.15) is 0 Å². The molecule has 0 radical (unpaired) electrons. The third kappa shape index (κ3) is 5.27. The van der Waals surface area contributed by atoms with E-state index in [2.05, 4.69) is 5.32 Å². The Morgan fingerprint density at radius 2 is 1.81 bits per heavy atom. The molecule has 1 aliphatic heterocycles. The lowest BCUT2D eigenvalue weighted by molar-refractivity contribution is 0.0716. The van der Waals surface area contributed by atoms with E-state index in [4.69, 9.17) is 10.5 Å². The predicted octanol–water partition coefficient (Wildman–Crippen LogP) is 3.85. The number of nitrogens with two attached hydrogens (primary N) is 1. The zero-order valence-electron chi connectivity index (χ0n) is 14.7. The summed E-state index contributed by atoms with van der Waals surface area (Å²) in [5.74, 6) is 0.821. The molecular weight excluding hydrogens is 373 g/mol. The molecule has 0 spiro atoms. The summed E-state index contributed by atoms with van der Waals surface area (Å²) >= 11 is 0. The summed E-state index contributed by atoms with van der Waals surface area (Å²) in [5, 5.41) is 3.32. The van der Waals surface area contributed by atoms with Crippen LogP contribution in [0.15, 0.2) is 48.5 Å². The van der Waals surface area contributed by atoms with Crippen molar-refractivity contribution in [3.05, 3.63) is 54.1 Å². The van der Waals surface area contributed by atoms with Crippen LogP contribution in [-0.2, 0) is 0 Å². The van der Waals surface area contributed by atoms with Gasteiger partial charge in [0.15, 0.2) is 0 Å². The van der Waals surface area contributed by atoms with Crippen molar-refractivity contribution in [2.75, 3.05) is 25.5 Å². The average Bonchev–Trinajstić information content (AvgIpc) is 2.62. The first-order chi connectivity index (χ1) is 11.7. The van der Waals surface area contributed by atoms with E-state index in [0.717, 1.165) is 30.0 Å². The van der Waals surface area contributed by atoms with Gasteiger partial charge in [-0.05, 0) is 37.1 Å². The number of para-hydroxylation sites is 1. The summed E-state index contributed by atoms with van der Waals surface area (Å²) in [6.07, 6.45) is 1.72. The molecule has 1 fully saturated rings. The molecule has 0 saturated carbocycles. The van der Waals surface area contributed by atoms with Gasteiger partial charge in [0.05, 0.1) is 18.4 Å². The minimum absolute atomic E-state index is 0. The van der Waals surface area contributed by atoms with Gasteiger partial charge in [0.2, 0.25) is 0 Å². The number of carbonyl (C=O) groups is 1. The van der Waals surface area contributed by atoms with Crippen LogP contribution in [0.2, 0.25) is 0 Å². The van der Waals surface area contributed by atoms with Crippen molar-refractivity contribution in [2.24, 2.45) is 5.73 Å². The fraction of sp³-hybridized carbons (Fsp3) is 0.316. The molecule has 0 unspecified atom stereocenters. The topological polar surface area (TPSA) is 67.6 Å². The normalized spacial score (nSPS) is 14.0. The van der Waals surface area contributed by atoms with Gasteiger partial charge in [-0.25, -0.2) is 0 Å². The first-order valence-electron chi connectivity index (χ1n) is 8.22. The molecule has 2 aromatic carbocycles. The molecule has 0 atom stereocenters. The van der Waals surface area contributed by atoms with Crippen LogP contribution in [0.1, 0.15) is 23.2 Å². The molecular formula is C19H25Cl2N3O2. The van der Waals surface area contributed by atoms with Crippen molar-refractivity contribution in [3.63, 3.8) is 0 Å². The van der Waals surface area contributed by atoms with Crippen LogP contribution in [0.25, 0.3) is 0 Å². The van der Waals surface area contributed by atoms with E-state index in [1.165, 1.54) is 0 Å². The minimum atomic E-state index is 0. The number of benzene rings is 2. The summed E-state index contributed by atoms with van der Waals surface area (Å²) in [6, 6.07) is 15.5. The molecule has 26 heavy (non-hydrogen) atoms. The Balaban J connectivity index is 0.00000169. The average molecular weight is 398 g/mol. The maximum absolute atomic E-state index is 12.9. The quantitative estimate of drug-likeness (QED) is 0.821. The van der Waals surface area contributed by atoms with E-state index in [1.54, 1.807) is 7.11 Å². The number of nitrogens with one attached hydrogen (secondary N) is 1. The van der Waals surface area contributed by atoms with Gasteiger partial charge in [-0.1, -0.05) is 18.2 Å². The number of hydrogen-bond donors (Lipinski definition) is 2. The molecule has 2 aromatic rings. The highest BCUT2D eigenvalue weighted by atomic mass is 35.5. The van der Waals surface area contributed by atoms with Crippen molar-refractivity contribution >= 4 is 42.1 Å². The lowest BCUT2D eigenvalue weighted by Gasteiger charge is -2.30. The lowest BCUT2D eigenvalue weighted by Crippen LogP contribution is -2.43. The third-order valence-corrected chi connectivity index (χ3v) is 4.33. The Bertz CT molecular complexity index is 719. The Hall–Kier alpha value is -1.95. The second kappa shape index (κ2) is 10.3. The Morgan fingerprint density at radius 3 is 2.50 bits per heavy atom. The van der Waals surface area contributed by atoms with Crippen molar-refractivity contribution in [2.45, 2.75) is 18.9 Å². The smallest absolute Gasteiger partial charge is 0.255 e. The minimum Gasteiger partial charge on any atom is -0.497 e. The number of likely N-dealkylation sites (tertiary alicyclic amines) is 1. The standard InChI is InChI=1S/C19H23N3O2.2ClH/c1-24-16-6-4-5-15(13-16)21-18-8-3-2-7-17(18)19(23)22-11-9-14(20)10-12-22;;/h2-8,13-14,21H,9-12,20H2,1H3;2*1H. The Kier molecular flexibility index (Phi) is 8.72. The van der Waals surface area contributed by atoms with Gasteiger partial charge >= 0.3 is 0 Å². The van der Waals surface area contributed by atoms with Gasteiger partial charge in [-0.15, -0.1) is 24.8 Å². The maximum atomic E-state index is 12.9. The first-order valence-corrected chi connectivity index (χ1v) is 8.22. The van der Waals surface area contributed by atoms with Gasteiger partial charge in [-0.3, -0.25) is 4.79 Å². The molecule has 0 bridgehead atoms. The molecule has 0 aromatic heterocycles. The largest absolute Gasteiger partial charge is 0.497 e. The zero-order valence-corrected chi connectivity index (χ0v) is 16.3. The van der Waals surface area contributed by atoms with Crippen molar-refractivity contribution in [3.8, 4) is 5.75 Å². The van der Waals surface area contributed by atoms with E-state index in [-0.39, 0.29) is 36.8 Å². The summed E-state index contributed by atoms with van der Waals surface area (Å²) < 4.78 is 5.25. The van der Waals surface area contributed by atoms with Crippen LogP contribution in [0.4, 0.5) is 11.4 Å². The van der Waals surface area contributed by atoms with Crippen LogP contribution < -0.4 is 15.8 Å². The molecule has 3 N–H and O–H groups in total. The van der Waals surface area contributed by atoms with E-state index < -0.39 is 0 Å². The van der Waals surface area contributed by atoms with Crippen LogP contribution >= 0.6 is 24.8 Å². The van der Waals surface area contributed by atoms with Crippen LogP contribution in [0.3, 0.4) is 0 Å². The van der Waals surface area contributed by atoms with Crippen molar-refractivity contribution in [1.29, 1.82) is 0 Å². The zero-order chi connectivity index (χ0) is 16.9. The third-order valence-electron chi connectivity index (χ3n) is 4.33. The first kappa shape index (κ1) is 22.1. The van der Waals surface area contributed by atoms with E-state index in [1.807, 2.05) is 53.4 Å². The second-order valence-electron chi connectivity index (χ2n) is 6.03. The summed E-state index contributed by atoms with van der Waals surface area (Å²) in [7, 11) is 1.64. The Labute approximate surface area is 166 Å². The number of hydrogen-bond acceptors (Lipinski definition) is 4. The second-order valence-corrected chi connectivity index (χ2v) is 6.03. The number of carbonyl (C=O) groups excluding carboxylic acids is 1. The van der Waals surface area contributed by atoms with Crippen molar-refractivity contribution in [1.82, 2.24) is 4.90 Å². The number of amides is 1. The number of halogens is 2. The molecule has 1 amide bonds. The fourth-order valence-corrected chi connectivity index (χ4v) is 2.91. The van der Waals surface area contributed by atoms with Gasteiger partial charge in [0, 0.05) is 30.9 Å². The highest BCUT2D eigenvalue weighted by Gasteiger charge is 2.23. The molecule has 1 aliphatic rings. The molecule has 7 heteroatoms. The van der Waals surface area contributed by atoms with Crippen molar-refractivity contribution < 1.29 is 9.53 Å². The number of anilines is 2. The molecule has 1 saturated heterocycles. The summed E-state index contributed by atoms with van der Waals surface area (Å²) in [5.41, 5.74) is 8.29. The monoisotopic (exact) mass is 397 g/mol. The van der Waals surface area contributed by atoms with Gasteiger partial charge in [0.1, 0.15) is 5.75 Å². The Morgan fingerprint density at radius 1 is 1.12 bits per heavy atom. The van der Waals surface area contributed by atoms with Gasteiger partial charge < -0.3 is 20.7 Å². The molecule has 1 heterocycles. The van der Waals surface area contributed by atoms with Gasteiger partial charge in [0.25, 0.3) is 5.91 Å². The van der Waals surface area contributed by atoms with E-state index in [9.17, 15) is 4.79 Å². The number of methoxy groups -OCH3 is 1. The van der Waals surface area contributed by atoms with E-state index >= 15 is 0 Å². The molecule has 0 aliphatic carbocycles. The van der Waals surface area contributed by atoms with E-state index in [0.29, 0.717) is 18.7 Å². The van der Waals surface area contributed by atoms with Crippen LogP contribution in [0, 0.1) is 0 Å². The number of rotatable bonds is 4. The molecule has 5 nitrogen and oxygen atoms in total. The highest BCUT2D eigenvalue weighted by Crippen LogP contribution is 2.25. The maximum Gasteiger partial charge on any atom is 0.255 e. The summed E-state index contributed by atoms with van der Waals surface area (Å²) in [4.78, 5) is 14.7. The lowest BCUT2D eigenvalue weighted by atomic mass is 10.0. The van der Waals surface area contributed by atoms with Crippen LogP contribution in [0.5, 0.6) is 5.75 Å². The predicted molar refractivity (Wildman–Crippen MR) is 110 cm³/mol. The number of piperidine rings is 1.